The molecule has 0 radical (unpaired) electrons. The molecule has 1 fully saturated rings. The lowest BCUT2D eigenvalue weighted by Gasteiger charge is -2.34. The van der Waals surface area contributed by atoms with Crippen molar-refractivity contribution in [3.63, 3.8) is 0 Å². The quantitative estimate of drug-likeness (QED) is 0.539. The summed E-state index contributed by atoms with van der Waals surface area (Å²) < 4.78 is 89.6. The van der Waals surface area contributed by atoms with Gasteiger partial charge < -0.3 is 20.5 Å². The Balaban J connectivity index is 1.53. The zero-order chi connectivity index (χ0) is 25.4. The fourth-order valence-corrected chi connectivity index (χ4v) is 4.70. The first-order valence-electron chi connectivity index (χ1n) is 10.1. The van der Waals surface area contributed by atoms with Crippen molar-refractivity contribution < 1.29 is 40.6 Å². The third kappa shape index (κ3) is 5.03. The van der Waals surface area contributed by atoms with Crippen molar-refractivity contribution in [1.82, 2.24) is 4.98 Å². The van der Waals surface area contributed by atoms with E-state index in [0.29, 0.717) is 18.4 Å². The number of pyridine rings is 1. The van der Waals surface area contributed by atoms with Crippen molar-refractivity contribution in [3.8, 4) is 5.75 Å². The van der Waals surface area contributed by atoms with Crippen LogP contribution in [-0.2, 0) is 10.3 Å². The summed E-state index contributed by atoms with van der Waals surface area (Å²) in [5, 5.41) is 2.67. The number of hydrogen-bond donors (Lipinski definition) is 2. The molecule has 2 aliphatic rings. The highest BCUT2D eigenvalue weighted by atomic mass is 32.2. The standard InChI is InChI=1S/C21H18F6N4O3S/c22-14-2-1-11(3-13(14)20-8-33-6-10(20)7-35-19(28)31-20)30-17(32)16-15(23)4-12(5-29-16)34-9-21(26,27)18(24)25/h1-5,10,18H,6-9H2,(H2,28,31)(H,30,32)/t10?,20-/m0/s1. The lowest BCUT2D eigenvalue weighted by atomic mass is 9.81. The minimum Gasteiger partial charge on any atom is -0.485 e. The molecule has 188 valence electrons. The summed E-state index contributed by atoms with van der Waals surface area (Å²) in [7, 11) is 0. The van der Waals surface area contributed by atoms with E-state index >= 15 is 0 Å². The van der Waals surface area contributed by atoms with Gasteiger partial charge >= 0.3 is 12.3 Å². The maximum absolute atomic E-state index is 14.8. The van der Waals surface area contributed by atoms with E-state index in [0.717, 1.165) is 12.3 Å². The zero-order valence-corrected chi connectivity index (χ0v) is 18.6. The van der Waals surface area contributed by atoms with Crippen LogP contribution in [0.15, 0.2) is 35.5 Å². The number of carbonyl (C=O) groups is 1. The van der Waals surface area contributed by atoms with Crippen LogP contribution in [-0.4, -0.2) is 54.0 Å². The lowest BCUT2D eigenvalue weighted by Crippen LogP contribution is -2.40. The fourth-order valence-electron chi connectivity index (χ4n) is 3.73. The number of alkyl halides is 4. The Bertz CT molecular complexity index is 1170. The Morgan fingerprint density at radius 3 is 2.80 bits per heavy atom. The second-order valence-electron chi connectivity index (χ2n) is 7.90. The monoisotopic (exact) mass is 520 g/mol. The molecular formula is C21H18F6N4O3S. The van der Waals surface area contributed by atoms with E-state index in [-0.39, 0.29) is 28.9 Å². The van der Waals surface area contributed by atoms with E-state index in [1.54, 1.807) is 0 Å². The molecule has 0 saturated carbocycles. The van der Waals surface area contributed by atoms with Crippen molar-refractivity contribution in [2.45, 2.75) is 17.9 Å². The van der Waals surface area contributed by atoms with Crippen LogP contribution in [0.5, 0.6) is 5.75 Å². The molecule has 4 rings (SSSR count). The number of anilines is 1. The largest absolute Gasteiger partial charge is 0.485 e. The fraction of sp³-hybridized carbons (Fsp3) is 0.381. The molecule has 14 heteroatoms. The van der Waals surface area contributed by atoms with Gasteiger partial charge in [-0.25, -0.2) is 27.5 Å². The van der Waals surface area contributed by atoms with Crippen molar-refractivity contribution in [2.24, 2.45) is 16.6 Å². The van der Waals surface area contributed by atoms with Gasteiger partial charge in [-0.2, -0.15) is 8.78 Å². The maximum Gasteiger partial charge on any atom is 0.340 e. The third-order valence-corrected chi connectivity index (χ3v) is 6.49. The summed E-state index contributed by atoms with van der Waals surface area (Å²) in [6.45, 7) is -1.25. The number of amidine groups is 1. The first kappa shape index (κ1) is 25.1. The number of rotatable bonds is 7. The number of hydrogen-bond acceptors (Lipinski definition) is 7. The van der Waals surface area contributed by atoms with Gasteiger partial charge in [0.15, 0.2) is 23.3 Å². The zero-order valence-electron chi connectivity index (χ0n) is 17.7. The Kier molecular flexibility index (Phi) is 6.86. The highest BCUT2D eigenvalue weighted by Crippen LogP contribution is 2.45. The molecule has 0 bridgehead atoms. The Hall–Kier alpha value is -3.00. The van der Waals surface area contributed by atoms with Crippen LogP contribution in [0.4, 0.5) is 32.0 Å². The minimum atomic E-state index is -4.44. The van der Waals surface area contributed by atoms with E-state index in [1.165, 1.54) is 23.9 Å². The molecular weight excluding hydrogens is 502 g/mol. The number of fused-ring (bicyclic) bond motifs is 1. The SMILES string of the molecule is NC1=N[C@@]2(c3cc(NC(=O)c4ncc(OCC(F)(F)C(F)F)cc4F)ccc3F)COCC2CS1. The van der Waals surface area contributed by atoms with E-state index < -0.39 is 53.5 Å². The molecule has 1 saturated heterocycles. The summed E-state index contributed by atoms with van der Waals surface area (Å²) in [5.41, 5.74) is 4.34. The maximum atomic E-state index is 14.8. The number of nitrogens with one attached hydrogen (secondary N) is 1. The number of amides is 1. The Morgan fingerprint density at radius 2 is 2.09 bits per heavy atom. The molecule has 2 aromatic rings. The number of thioether (sulfide) groups is 1. The average molecular weight is 520 g/mol. The molecule has 1 unspecified atom stereocenters. The average Bonchev–Trinajstić information content (AvgIpc) is 3.22. The summed E-state index contributed by atoms with van der Waals surface area (Å²) >= 11 is 1.33. The number of benzene rings is 1. The first-order valence-corrected chi connectivity index (χ1v) is 11.1. The summed E-state index contributed by atoms with van der Waals surface area (Å²) in [6.07, 6.45) is -3.22. The van der Waals surface area contributed by atoms with E-state index in [9.17, 15) is 31.1 Å². The van der Waals surface area contributed by atoms with Gasteiger partial charge in [0.1, 0.15) is 17.1 Å². The van der Waals surface area contributed by atoms with Gasteiger partial charge in [0.2, 0.25) is 0 Å². The number of halogens is 6. The molecule has 1 aromatic heterocycles. The van der Waals surface area contributed by atoms with Crippen LogP contribution in [0.25, 0.3) is 0 Å². The van der Waals surface area contributed by atoms with Crippen LogP contribution in [0, 0.1) is 17.6 Å². The van der Waals surface area contributed by atoms with Crippen molar-refractivity contribution in [1.29, 1.82) is 0 Å². The molecule has 2 atom stereocenters. The number of aliphatic imine (C=N–C) groups is 1. The van der Waals surface area contributed by atoms with Gasteiger partial charge in [-0.1, -0.05) is 11.8 Å². The van der Waals surface area contributed by atoms with Crippen LogP contribution in [0.2, 0.25) is 0 Å². The topological polar surface area (TPSA) is 98.8 Å². The predicted molar refractivity (Wildman–Crippen MR) is 115 cm³/mol. The molecule has 3 heterocycles. The molecule has 3 N–H and O–H groups in total. The smallest absolute Gasteiger partial charge is 0.340 e. The van der Waals surface area contributed by atoms with E-state index in [4.69, 9.17) is 10.5 Å². The van der Waals surface area contributed by atoms with Crippen LogP contribution in [0.3, 0.4) is 0 Å². The predicted octanol–water partition coefficient (Wildman–Crippen LogP) is 3.79. The van der Waals surface area contributed by atoms with E-state index in [1.807, 2.05) is 0 Å². The summed E-state index contributed by atoms with van der Waals surface area (Å²) in [6, 6.07) is 4.29. The molecule has 35 heavy (non-hydrogen) atoms. The van der Waals surface area contributed by atoms with Gasteiger partial charge in [-0.3, -0.25) is 4.79 Å². The summed E-state index contributed by atoms with van der Waals surface area (Å²) in [5.74, 6) is -7.45. The normalized spacial score (nSPS) is 22.0. The van der Waals surface area contributed by atoms with Gasteiger partial charge in [0.25, 0.3) is 5.91 Å². The van der Waals surface area contributed by atoms with Crippen LogP contribution in [0.1, 0.15) is 16.1 Å². The number of nitrogens with zero attached hydrogens (tertiary/aromatic N) is 2. The van der Waals surface area contributed by atoms with Crippen LogP contribution >= 0.6 is 11.8 Å². The van der Waals surface area contributed by atoms with Crippen LogP contribution < -0.4 is 15.8 Å². The van der Waals surface area contributed by atoms with Crippen molar-refractivity contribution in [2.75, 3.05) is 30.9 Å². The van der Waals surface area contributed by atoms with Gasteiger partial charge in [0.05, 0.1) is 19.4 Å². The van der Waals surface area contributed by atoms with Gasteiger partial charge in [-0.15, -0.1) is 0 Å². The Labute approximate surface area is 199 Å². The molecule has 0 aliphatic carbocycles. The lowest BCUT2D eigenvalue weighted by molar-refractivity contribution is -0.148. The second kappa shape index (κ2) is 9.57. The summed E-state index contributed by atoms with van der Waals surface area (Å²) in [4.78, 5) is 20.5. The van der Waals surface area contributed by atoms with E-state index in [2.05, 4.69) is 20.0 Å². The molecule has 1 aromatic carbocycles. The van der Waals surface area contributed by atoms with Gasteiger partial charge in [0, 0.05) is 29.0 Å². The molecule has 7 nitrogen and oxygen atoms in total. The van der Waals surface area contributed by atoms with Gasteiger partial charge in [-0.05, 0) is 18.2 Å². The first-order chi connectivity index (χ1) is 16.5. The van der Waals surface area contributed by atoms with Crippen molar-refractivity contribution in [3.05, 3.63) is 53.4 Å². The number of ether oxygens (including phenoxy) is 2. The molecule has 2 aliphatic heterocycles. The number of aromatic nitrogens is 1. The second-order valence-corrected chi connectivity index (χ2v) is 8.94. The molecule has 0 spiro atoms. The molecule has 1 amide bonds. The minimum absolute atomic E-state index is 0.0928. The number of nitrogens with two attached hydrogens (primary N) is 1. The third-order valence-electron chi connectivity index (χ3n) is 5.53. The highest BCUT2D eigenvalue weighted by molar-refractivity contribution is 8.13. The Morgan fingerprint density at radius 1 is 1.31 bits per heavy atom. The number of carbonyl (C=O) groups excluding carboxylic acids is 1. The van der Waals surface area contributed by atoms with Crippen molar-refractivity contribution >= 4 is 28.5 Å². The highest BCUT2D eigenvalue weighted by Gasteiger charge is 2.49.